The quantitative estimate of drug-likeness (QED) is 0.0144. The average molecular weight is 1500 g/mol. The summed E-state index contributed by atoms with van der Waals surface area (Å²) in [6, 6.07) is -1.77. The van der Waals surface area contributed by atoms with E-state index in [1.807, 2.05) is 13.8 Å². The topological polar surface area (TPSA) is 552 Å². The van der Waals surface area contributed by atoms with Gasteiger partial charge in [0.05, 0.1) is 44.8 Å². The summed E-state index contributed by atoms with van der Waals surface area (Å²) in [4.78, 5) is 198. The standard InChI is InChI=1S/C45H68N6O15.C26H38N6O8/c1-2-3-11-32(54)24-29(9-4-5-20-46)42(62)49-21-6-10-31(49)16-14-30(26-52)41(61)48-34(27-53)43(63)51-23-8-13-36(51)44(64)50-22-7-12-35(50)37(55)25-28(15-18-38(56)57)40(60)47-33(45(65)66)17-19-39(58)59;1-16(2)12-21(30-24(37)19(13-17(3)33)14-18-4-6-20(34)7-5-18)26(39)31-22(15-23(35)36)25(38)28-8-10-40-11-9-29-32-27/h1,28-31,33-36,52-53H,3-27,46H2,(H,47,60)(H,48,61)(H,56,57)(H,58,59)(H,65,66);4-7,16,19,21-22,34H,8-15H2,1-3H3,(H,28,38)(H,30,37)(H,31,39)(H,35,36)/t28-,29-,30+,31+,33+,34-,35+,36+;19-,21+,22-/m10/s1. The lowest BCUT2D eigenvalue weighted by Crippen LogP contribution is -2.57. The molecule has 11 atom stereocenters. The number of nitrogens with zero attached hydrogens (tertiary/aromatic N) is 6. The van der Waals surface area contributed by atoms with Crippen molar-refractivity contribution in [3.63, 3.8) is 0 Å². The first kappa shape index (κ1) is 90.6. The second-order valence-electron chi connectivity index (χ2n) is 27.1. The molecule has 8 amide bonds. The number of amides is 8. The van der Waals surface area contributed by atoms with Crippen molar-refractivity contribution >= 4 is 88.5 Å². The van der Waals surface area contributed by atoms with E-state index < -0.39 is 176 Å². The van der Waals surface area contributed by atoms with Crippen LogP contribution in [0.25, 0.3) is 10.4 Å². The van der Waals surface area contributed by atoms with Crippen LogP contribution in [-0.4, -0.2) is 247 Å². The highest BCUT2D eigenvalue weighted by Crippen LogP contribution is 2.31. The number of carbonyl (C=O) groups excluding carboxylic acids is 11. The molecule has 14 N–H and O–H groups in total. The Kier molecular flexibility index (Phi) is 41.4. The van der Waals surface area contributed by atoms with Crippen molar-refractivity contribution in [2.75, 3.05) is 65.7 Å². The van der Waals surface area contributed by atoms with Gasteiger partial charge in [0.15, 0.2) is 5.78 Å². The highest BCUT2D eigenvalue weighted by Gasteiger charge is 2.45. The summed E-state index contributed by atoms with van der Waals surface area (Å²) >= 11 is 0. The maximum atomic E-state index is 14.1. The van der Waals surface area contributed by atoms with Crippen LogP contribution in [0.4, 0.5) is 0 Å². The number of aliphatic hydroxyl groups excluding tert-OH is 2. The molecule has 0 aliphatic carbocycles. The van der Waals surface area contributed by atoms with Crippen LogP contribution in [0.2, 0.25) is 0 Å². The molecule has 35 heteroatoms. The number of aliphatic carboxylic acids is 4. The van der Waals surface area contributed by atoms with Gasteiger partial charge in [-0.2, -0.15) is 0 Å². The largest absolute Gasteiger partial charge is 0.508 e. The Morgan fingerprint density at radius 3 is 1.84 bits per heavy atom. The number of rotatable bonds is 49. The van der Waals surface area contributed by atoms with E-state index in [1.165, 1.54) is 28.9 Å². The molecule has 0 aromatic heterocycles. The highest BCUT2D eigenvalue weighted by atomic mass is 16.5. The first-order chi connectivity index (χ1) is 50.4. The van der Waals surface area contributed by atoms with E-state index in [2.05, 4.69) is 42.5 Å². The molecular weight excluding hydrogens is 1390 g/mol. The molecule has 35 nitrogen and oxygen atoms in total. The maximum absolute atomic E-state index is 14.1. The van der Waals surface area contributed by atoms with E-state index in [0.29, 0.717) is 70.0 Å². The number of benzene rings is 1. The van der Waals surface area contributed by atoms with Crippen LogP contribution in [-0.2, 0) is 83.1 Å². The summed E-state index contributed by atoms with van der Waals surface area (Å²) in [6.45, 7) is 5.10. The maximum Gasteiger partial charge on any atom is 0.326 e. The average Bonchev–Trinajstić information content (AvgIpc) is 1.63. The van der Waals surface area contributed by atoms with Crippen molar-refractivity contribution in [3.05, 3.63) is 40.3 Å². The molecule has 0 radical (unpaired) electrons. The highest BCUT2D eigenvalue weighted by molar-refractivity contribution is 5.98. The van der Waals surface area contributed by atoms with Crippen molar-refractivity contribution in [3.8, 4) is 18.1 Å². The molecule has 0 spiro atoms. The number of carboxylic acid groups (broad SMARTS) is 4. The van der Waals surface area contributed by atoms with Crippen LogP contribution in [0, 0.1) is 41.9 Å². The second kappa shape index (κ2) is 48.5. The number of aliphatic hydroxyl groups is 2. The molecule has 0 saturated carbocycles. The molecule has 4 rings (SSSR count). The number of phenols is 1. The van der Waals surface area contributed by atoms with Gasteiger partial charge in [-0.3, -0.25) is 62.3 Å². The van der Waals surface area contributed by atoms with E-state index in [9.17, 15) is 103 Å². The number of ketones is 3. The summed E-state index contributed by atoms with van der Waals surface area (Å²) in [6.07, 6.45) is 7.93. The van der Waals surface area contributed by atoms with E-state index in [0.717, 1.165) is 0 Å². The van der Waals surface area contributed by atoms with Crippen molar-refractivity contribution in [2.24, 2.45) is 40.4 Å². The summed E-state index contributed by atoms with van der Waals surface area (Å²) in [7, 11) is 0. The second-order valence-corrected chi connectivity index (χ2v) is 27.1. The van der Waals surface area contributed by atoms with Crippen molar-refractivity contribution in [1.29, 1.82) is 0 Å². The third-order valence-electron chi connectivity index (χ3n) is 18.4. The number of carbonyl (C=O) groups is 15. The van der Waals surface area contributed by atoms with Crippen LogP contribution in [0.5, 0.6) is 5.75 Å². The minimum atomic E-state index is -1.61. The van der Waals surface area contributed by atoms with Gasteiger partial charge in [0.2, 0.25) is 47.3 Å². The Balaban J connectivity index is 0.000000623. The monoisotopic (exact) mass is 1490 g/mol. The van der Waals surface area contributed by atoms with E-state index in [4.69, 9.17) is 27.5 Å². The minimum absolute atomic E-state index is 0.0250. The van der Waals surface area contributed by atoms with Gasteiger partial charge in [-0.15, -0.1) is 12.3 Å². The van der Waals surface area contributed by atoms with Gasteiger partial charge in [0.1, 0.15) is 47.5 Å². The van der Waals surface area contributed by atoms with E-state index >= 15 is 0 Å². The van der Waals surface area contributed by atoms with E-state index in [-0.39, 0.29) is 139 Å². The molecule has 3 aliphatic rings. The molecule has 3 heterocycles. The van der Waals surface area contributed by atoms with E-state index in [1.54, 1.807) is 17.0 Å². The number of azide groups is 1. The fourth-order valence-corrected chi connectivity index (χ4v) is 12.9. The predicted molar refractivity (Wildman–Crippen MR) is 378 cm³/mol. The number of nitrogens with two attached hydrogens (primary N) is 1. The van der Waals surface area contributed by atoms with Crippen LogP contribution in [0.15, 0.2) is 29.4 Å². The lowest BCUT2D eigenvalue weighted by atomic mass is 9.92. The summed E-state index contributed by atoms with van der Waals surface area (Å²) in [5.74, 6) is -12.7. The Morgan fingerprint density at radius 2 is 1.24 bits per heavy atom. The number of hydrogen-bond donors (Lipinski definition) is 13. The van der Waals surface area contributed by atoms with Gasteiger partial charge in [0.25, 0.3) is 0 Å². The minimum Gasteiger partial charge on any atom is -0.508 e. The zero-order chi connectivity index (χ0) is 79.0. The Morgan fingerprint density at radius 1 is 0.632 bits per heavy atom. The molecule has 3 saturated heterocycles. The fourth-order valence-electron chi connectivity index (χ4n) is 12.9. The number of phenolic OH excluding ortho intramolecular Hbond substituents is 1. The molecule has 3 aliphatic heterocycles. The fraction of sp³-hybridized carbons (Fsp3) is 0.676. The Labute approximate surface area is 615 Å². The van der Waals surface area contributed by atoms with Gasteiger partial charge < -0.3 is 92.3 Å². The van der Waals surface area contributed by atoms with Gasteiger partial charge in [0, 0.05) is 106 Å². The molecular formula is C71H106N12O23. The molecule has 0 unspecified atom stereocenters. The van der Waals surface area contributed by atoms with Crippen LogP contribution >= 0.6 is 0 Å². The number of aromatic hydroxyl groups is 1. The number of Topliss-reactive ketones (excluding diaryl/α,β-unsaturated/α-hetero) is 3. The number of terminal acetylenes is 1. The molecule has 1 aromatic carbocycles. The van der Waals surface area contributed by atoms with Crippen LogP contribution in [0.1, 0.15) is 168 Å². The van der Waals surface area contributed by atoms with Crippen LogP contribution < -0.4 is 32.3 Å². The first-order valence-corrected chi connectivity index (χ1v) is 35.9. The third kappa shape index (κ3) is 32.4. The smallest absolute Gasteiger partial charge is 0.326 e. The first-order valence-electron chi connectivity index (χ1n) is 35.9. The lowest BCUT2D eigenvalue weighted by Gasteiger charge is -2.33. The van der Waals surface area contributed by atoms with Crippen molar-refractivity contribution in [1.82, 2.24) is 41.3 Å². The normalized spacial score (nSPS) is 17.6. The molecule has 106 heavy (non-hydrogen) atoms. The summed E-state index contributed by atoms with van der Waals surface area (Å²) < 4.78 is 5.18. The third-order valence-corrected chi connectivity index (χ3v) is 18.4. The summed E-state index contributed by atoms with van der Waals surface area (Å²) in [5.41, 5.74) is 14.6. The van der Waals surface area contributed by atoms with Crippen LogP contribution in [0.3, 0.4) is 0 Å². The SMILES string of the molecule is C#CCCC(=O)C[C@@H](CCCCN)C(=O)N1CCC[C@H]1CC[C@@H](CO)C(=O)N[C@H](CO)C(=O)N1CCC[C@H]1C(=O)N1CCC[C@H]1C(=O)C[C@@H](CCC(=O)O)C(=O)N[C@@H](CCC(=O)O)C(=O)O.CC(=O)C[C@@H](Cc1ccc(O)cc1)C(=O)N[C@H](CC(C)C)C(=O)N[C@@H](CC(=O)O)C(=O)NCCOCCN=[N+]=[N-]. The Hall–Kier alpha value is -9.62. The number of unbranched alkanes of at least 4 members (excludes halogenated alkanes) is 1. The van der Waals surface area contributed by atoms with Gasteiger partial charge >= 0.3 is 23.9 Å². The lowest BCUT2D eigenvalue weighted by molar-refractivity contribution is -0.148. The number of hydrogen-bond acceptors (Lipinski definition) is 21. The Bertz CT molecular complexity index is 3250. The molecule has 1 aromatic rings. The molecule has 0 bridgehead atoms. The predicted octanol–water partition coefficient (Wildman–Crippen LogP) is 1.28. The zero-order valence-electron chi connectivity index (χ0n) is 60.6. The zero-order valence-corrected chi connectivity index (χ0v) is 60.6. The molecule has 3 fully saturated rings. The number of likely N-dealkylation sites (tertiary alicyclic amines) is 3. The van der Waals surface area contributed by atoms with Gasteiger partial charge in [-0.25, -0.2) is 4.79 Å². The van der Waals surface area contributed by atoms with Crippen molar-refractivity contribution in [2.45, 2.75) is 211 Å². The van der Waals surface area contributed by atoms with Gasteiger partial charge in [-0.05, 0) is 133 Å². The molecule has 588 valence electrons. The number of nitrogens with one attached hydrogen (secondary N) is 5. The van der Waals surface area contributed by atoms with Crippen molar-refractivity contribution < 1.29 is 112 Å². The number of carboxylic acids is 4. The number of ether oxygens (including phenoxy) is 1. The van der Waals surface area contributed by atoms with Gasteiger partial charge in [-0.1, -0.05) is 37.5 Å². The summed E-state index contributed by atoms with van der Waals surface area (Å²) in [5, 5.41) is 82.8.